The summed E-state index contributed by atoms with van der Waals surface area (Å²) in [4.78, 5) is 22.8. The van der Waals surface area contributed by atoms with Gasteiger partial charge in [-0.3, -0.25) is 4.79 Å². The molecule has 21 heavy (non-hydrogen) atoms. The smallest absolute Gasteiger partial charge is 0.326 e. The molecule has 1 amide bonds. The van der Waals surface area contributed by atoms with Crippen molar-refractivity contribution >= 4 is 11.9 Å². The Kier molecular flexibility index (Phi) is 7.42. The third-order valence-electron chi connectivity index (χ3n) is 2.86. The van der Waals surface area contributed by atoms with Crippen molar-refractivity contribution in [1.29, 1.82) is 0 Å². The van der Waals surface area contributed by atoms with Gasteiger partial charge in [0.15, 0.2) is 0 Å². The molecule has 0 aliphatic heterocycles. The number of carboxylic acid groups (broad SMARTS) is 1. The SMILES string of the molecule is COCCOCC(=O)N[C@H](Cc1ccc(C)cc1)C(=O)O. The van der Waals surface area contributed by atoms with E-state index in [0.29, 0.717) is 13.2 Å². The molecule has 0 heterocycles. The van der Waals surface area contributed by atoms with Crippen LogP contribution in [0.4, 0.5) is 0 Å². The summed E-state index contributed by atoms with van der Waals surface area (Å²) in [6.45, 7) is 2.46. The van der Waals surface area contributed by atoms with Gasteiger partial charge in [-0.15, -0.1) is 0 Å². The molecule has 0 bridgehead atoms. The second kappa shape index (κ2) is 9.10. The topological polar surface area (TPSA) is 84.9 Å². The Bertz CT molecular complexity index is 458. The van der Waals surface area contributed by atoms with E-state index in [1.165, 1.54) is 7.11 Å². The number of hydrogen-bond donors (Lipinski definition) is 2. The Morgan fingerprint density at radius 2 is 1.90 bits per heavy atom. The maximum Gasteiger partial charge on any atom is 0.326 e. The minimum absolute atomic E-state index is 0.180. The van der Waals surface area contributed by atoms with Crippen molar-refractivity contribution in [3.63, 3.8) is 0 Å². The number of amides is 1. The van der Waals surface area contributed by atoms with E-state index in [9.17, 15) is 14.7 Å². The number of aryl methyl sites for hydroxylation is 1. The molecule has 2 N–H and O–H groups in total. The van der Waals surface area contributed by atoms with E-state index in [4.69, 9.17) is 9.47 Å². The van der Waals surface area contributed by atoms with Crippen LogP contribution >= 0.6 is 0 Å². The van der Waals surface area contributed by atoms with Crippen molar-refractivity contribution in [3.05, 3.63) is 35.4 Å². The highest BCUT2D eigenvalue weighted by molar-refractivity contribution is 5.84. The highest BCUT2D eigenvalue weighted by Gasteiger charge is 2.20. The fourth-order valence-corrected chi connectivity index (χ4v) is 1.70. The molecule has 6 nitrogen and oxygen atoms in total. The molecule has 0 aromatic heterocycles. The average Bonchev–Trinajstić information content (AvgIpc) is 2.45. The average molecular weight is 295 g/mol. The number of rotatable bonds is 9. The molecule has 0 spiro atoms. The summed E-state index contributed by atoms with van der Waals surface area (Å²) < 4.78 is 9.83. The van der Waals surface area contributed by atoms with Gasteiger partial charge in [-0.2, -0.15) is 0 Å². The number of methoxy groups -OCH3 is 1. The fourth-order valence-electron chi connectivity index (χ4n) is 1.70. The Morgan fingerprint density at radius 3 is 2.48 bits per heavy atom. The summed E-state index contributed by atoms with van der Waals surface area (Å²) in [5, 5.41) is 11.6. The molecule has 0 unspecified atom stereocenters. The molecule has 1 aromatic carbocycles. The number of carbonyl (C=O) groups is 2. The Labute approximate surface area is 124 Å². The van der Waals surface area contributed by atoms with Gasteiger partial charge in [-0.1, -0.05) is 29.8 Å². The number of carbonyl (C=O) groups excluding carboxylic acids is 1. The predicted octanol–water partition coefficient (Wildman–Crippen LogP) is 0.770. The van der Waals surface area contributed by atoms with Gasteiger partial charge in [-0.05, 0) is 12.5 Å². The first-order chi connectivity index (χ1) is 10.0. The highest BCUT2D eigenvalue weighted by Crippen LogP contribution is 2.06. The zero-order valence-electron chi connectivity index (χ0n) is 12.3. The van der Waals surface area contributed by atoms with Gasteiger partial charge in [0.25, 0.3) is 0 Å². The van der Waals surface area contributed by atoms with Crippen LogP contribution in [0.5, 0.6) is 0 Å². The van der Waals surface area contributed by atoms with Crippen LogP contribution < -0.4 is 5.32 Å². The molecule has 1 atom stereocenters. The molecule has 1 aromatic rings. The molecule has 0 saturated carbocycles. The normalized spacial score (nSPS) is 11.9. The van der Waals surface area contributed by atoms with Crippen LogP contribution in [-0.4, -0.2) is 50.0 Å². The quantitative estimate of drug-likeness (QED) is 0.657. The highest BCUT2D eigenvalue weighted by atomic mass is 16.5. The van der Waals surface area contributed by atoms with Crippen molar-refractivity contribution in [2.45, 2.75) is 19.4 Å². The van der Waals surface area contributed by atoms with Gasteiger partial charge < -0.3 is 19.9 Å². The van der Waals surface area contributed by atoms with E-state index in [-0.39, 0.29) is 13.0 Å². The zero-order chi connectivity index (χ0) is 15.7. The van der Waals surface area contributed by atoms with Gasteiger partial charge in [0, 0.05) is 13.5 Å². The lowest BCUT2D eigenvalue weighted by Gasteiger charge is -2.15. The fraction of sp³-hybridized carbons (Fsp3) is 0.467. The molecule has 0 aliphatic rings. The van der Waals surface area contributed by atoms with E-state index >= 15 is 0 Å². The molecule has 0 aliphatic carbocycles. The van der Waals surface area contributed by atoms with Gasteiger partial charge in [0.2, 0.25) is 5.91 Å². The molecular weight excluding hydrogens is 274 g/mol. The molecule has 0 fully saturated rings. The lowest BCUT2D eigenvalue weighted by atomic mass is 10.0. The van der Waals surface area contributed by atoms with Gasteiger partial charge in [0.1, 0.15) is 12.6 Å². The van der Waals surface area contributed by atoms with E-state index in [2.05, 4.69) is 5.32 Å². The van der Waals surface area contributed by atoms with Gasteiger partial charge in [0.05, 0.1) is 13.2 Å². The number of aliphatic carboxylic acids is 1. The van der Waals surface area contributed by atoms with Gasteiger partial charge >= 0.3 is 5.97 Å². The molecular formula is C15H21NO5. The van der Waals surface area contributed by atoms with Crippen molar-refractivity contribution < 1.29 is 24.2 Å². The first kappa shape index (κ1) is 17.1. The van der Waals surface area contributed by atoms with E-state index in [1.807, 2.05) is 31.2 Å². The van der Waals surface area contributed by atoms with Crippen LogP contribution in [-0.2, 0) is 25.5 Å². The number of carboxylic acids is 1. The van der Waals surface area contributed by atoms with Crippen molar-refractivity contribution in [2.24, 2.45) is 0 Å². The Morgan fingerprint density at radius 1 is 1.24 bits per heavy atom. The predicted molar refractivity (Wildman–Crippen MR) is 77.1 cm³/mol. The number of benzene rings is 1. The molecule has 0 radical (unpaired) electrons. The van der Waals surface area contributed by atoms with Gasteiger partial charge in [-0.25, -0.2) is 4.79 Å². The number of nitrogens with one attached hydrogen (secondary N) is 1. The zero-order valence-corrected chi connectivity index (χ0v) is 12.3. The number of ether oxygens (including phenoxy) is 2. The minimum atomic E-state index is -1.07. The summed E-state index contributed by atoms with van der Waals surface area (Å²) in [5.41, 5.74) is 1.95. The van der Waals surface area contributed by atoms with E-state index in [0.717, 1.165) is 11.1 Å². The second-order valence-corrected chi connectivity index (χ2v) is 4.69. The molecule has 116 valence electrons. The van der Waals surface area contributed by atoms with Crippen LogP contribution in [0.1, 0.15) is 11.1 Å². The molecule has 6 heteroatoms. The van der Waals surface area contributed by atoms with Crippen LogP contribution in [0.2, 0.25) is 0 Å². The number of hydrogen-bond acceptors (Lipinski definition) is 4. The first-order valence-corrected chi connectivity index (χ1v) is 6.67. The van der Waals surface area contributed by atoms with E-state index < -0.39 is 17.9 Å². The first-order valence-electron chi connectivity index (χ1n) is 6.67. The summed E-state index contributed by atoms with van der Waals surface area (Å²) >= 11 is 0. The Balaban J connectivity index is 2.48. The maximum absolute atomic E-state index is 11.6. The van der Waals surface area contributed by atoms with Crippen molar-refractivity contribution in [2.75, 3.05) is 26.9 Å². The van der Waals surface area contributed by atoms with Crippen LogP contribution in [0.25, 0.3) is 0 Å². The minimum Gasteiger partial charge on any atom is -0.480 e. The summed E-state index contributed by atoms with van der Waals surface area (Å²) in [6, 6.07) is 6.55. The summed E-state index contributed by atoms with van der Waals surface area (Å²) in [5.74, 6) is -1.52. The summed E-state index contributed by atoms with van der Waals surface area (Å²) in [6.07, 6.45) is 0.236. The Hall–Kier alpha value is -1.92. The lowest BCUT2D eigenvalue weighted by Crippen LogP contribution is -2.44. The third kappa shape index (κ3) is 6.87. The lowest BCUT2D eigenvalue weighted by molar-refractivity contribution is -0.142. The molecule has 1 rings (SSSR count). The van der Waals surface area contributed by atoms with Crippen molar-refractivity contribution in [3.8, 4) is 0 Å². The van der Waals surface area contributed by atoms with Crippen molar-refractivity contribution in [1.82, 2.24) is 5.32 Å². The van der Waals surface area contributed by atoms with E-state index in [1.54, 1.807) is 0 Å². The largest absolute Gasteiger partial charge is 0.480 e. The third-order valence-corrected chi connectivity index (χ3v) is 2.86. The molecule has 0 saturated heterocycles. The van der Waals surface area contributed by atoms with Crippen LogP contribution in [0.3, 0.4) is 0 Å². The second-order valence-electron chi connectivity index (χ2n) is 4.69. The maximum atomic E-state index is 11.6. The van der Waals surface area contributed by atoms with Crippen LogP contribution in [0, 0.1) is 6.92 Å². The summed E-state index contributed by atoms with van der Waals surface area (Å²) in [7, 11) is 1.53. The standard InChI is InChI=1S/C15H21NO5/c1-11-3-5-12(6-4-11)9-13(15(18)19)16-14(17)10-21-8-7-20-2/h3-6,13H,7-10H2,1-2H3,(H,16,17)(H,18,19)/t13-/m1/s1. The monoisotopic (exact) mass is 295 g/mol. The van der Waals surface area contributed by atoms with Crippen LogP contribution in [0.15, 0.2) is 24.3 Å².